The van der Waals surface area contributed by atoms with Gasteiger partial charge in [-0.3, -0.25) is 0 Å². The Kier molecular flexibility index (Phi) is 4.46. The van der Waals surface area contributed by atoms with Gasteiger partial charge >= 0.3 is 0 Å². The summed E-state index contributed by atoms with van der Waals surface area (Å²) in [4.78, 5) is 0. The van der Waals surface area contributed by atoms with Crippen molar-refractivity contribution >= 4 is 40.5 Å². The van der Waals surface area contributed by atoms with Crippen molar-refractivity contribution < 1.29 is 0 Å². The van der Waals surface area contributed by atoms with E-state index in [1.807, 2.05) is 12.1 Å². The molecule has 0 heterocycles. The fourth-order valence-electron chi connectivity index (χ4n) is 1.94. The summed E-state index contributed by atoms with van der Waals surface area (Å²) in [6.07, 6.45) is 2.48. The van der Waals surface area contributed by atoms with Crippen LogP contribution in [0.1, 0.15) is 25.3 Å². The van der Waals surface area contributed by atoms with Crippen LogP contribution in [0.15, 0.2) is 24.8 Å². The van der Waals surface area contributed by atoms with Crippen LogP contribution in [0.3, 0.4) is 0 Å². The molecule has 0 saturated heterocycles. The number of allylic oxidation sites excluding steroid dienone is 1. The van der Waals surface area contributed by atoms with E-state index >= 15 is 0 Å². The number of thioether (sulfide) groups is 1. The zero-order valence-electron chi connectivity index (χ0n) is 9.88. The predicted molar refractivity (Wildman–Crippen MR) is 80.1 cm³/mol. The average Bonchev–Trinajstić information content (AvgIpc) is 3.05. The van der Waals surface area contributed by atoms with E-state index in [1.165, 1.54) is 24.2 Å². The predicted octanol–water partition coefficient (Wildman–Crippen LogP) is 5.54. The minimum absolute atomic E-state index is 0.602. The first-order valence-electron chi connectivity index (χ1n) is 5.89. The van der Waals surface area contributed by atoms with Crippen LogP contribution in [-0.4, -0.2) is 11.0 Å². The molecule has 0 nitrogen and oxygen atoms in total. The molecule has 0 aromatic heterocycles. The largest absolute Gasteiger partial charge is 0.158 e. The van der Waals surface area contributed by atoms with Crippen molar-refractivity contribution in [2.75, 3.05) is 5.75 Å². The minimum atomic E-state index is 0.602. The van der Waals surface area contributed by atoms with Gasteiger partial charge in [0, 0.05) is 15.3 Å². The van der Waals surface area contributed by atoms with Crippen molar-refractivity contribution in [2.45, 2.75) is 25.0 Å². The Morgan fingerprint density at radius 2 is 2.24 bits per heavy atom. The zero-order chi connectivity index (χ0) is 12.4. The summed E-state index contributed by atoms with van der Waals surface area (Å²) >= 11 is 14.1. The molecule has 1 aliphatic carbocycles. The summed E-state index contributed by atoms with van der Waals surface area (Å²) in [7, 11) is 0. The van der Waals surface area contributed by atoms with Gasteiger partial charge in [-0.1, -0.05) is 42.8 Å². The maximum Gasteiger partial charge on any atom is 0.0495 e. The van der Waals surface area contributed by atoms with Gasteiger partial charge in [-0.2, -0.15) is 11.8 Å². The van der Waals surface area contributed by atoms with Crippen LogP contribution in [0.25, 0.3) is 5.57 Å². The Hall–Kier alpha value is -0.110. The smallest absolute Gasteiger partial charge is 0.0495 e. The van der Waals surface area contributed by atoms with Crippen molar-refractivity contribution in [3.63, 3.8) is 0 Å². The van der Waals surface area contributed by atoms with Crippen LogP contribution in [0.2, 0.25) is 10.0 Å². The third-order valence-electron chi connectivity index (χ3n) is 2.99. The number of rotatable bonds is 5. The van der Waals surface area contributed by atoms with E-state index in [9.17, 15) is 0 Å². The minimum Gasteiger partial charge on any atom is -0.158 e. The second-order valence-corrected chi connectivity index (χ2v) is 6.59. The first kappa shape index (κ1) is 13.3. The number of hydrogen-bond donors (Lipinski definition) is 0. The number of halogens is 2. The summed E-state index contributed by atoms with van der Waals surface area (Å²) in [5.74, 6) is 1.84. The van der Waals surface area contributed by atoms with Gasteiger partial charge in [0.25, 0.3) is 0 Å². The lowest BCUT2D eigenvalue weighted by molar-refractivity contribution is 1.10. The Morgan fingerprint density at radius 1 is 1.47 bits per heavy atom. The lowest BCUT2D eigenvalue weighted by atomic mass is 10.0. The maximum atomic E-state index is 6.20. The third kappa shape index (κ3) is 3.21. The molecule has 2 atom stereocenters. The van der Waals surface area contributed by atoms with Gasteiger partial charge in [0.2, 0.25) is 0 Å². The van der Waals surface area contributed by atoms with E-state index in [0.717, 1.165) is 10.8 Å². The number of benzene rings is 1. The Morgan fingerprint density at radius 3 is 2.88 bits per heavy atom. The van der Waals surface area contributed by atoms with E-state index in [-0.39, 0.29) is 0 Å². The van der Waals surface area contributed by atoms with Crippen LogP contribution in [0, 0.1) is 5.92 Å². The van der Waals surface area contributed by atoms with Gasteiger partial charge in [0.05, 0.1) is 0 Å². The first-order chi connectivity index (χ1) is 8.13. The maximum absolute atomic E-state index is 6.20. The molecule has 3 heteroatoms. The summed E-state index contributed by atoms with van der Waals surface area (Å²) in [5.41, 5.74) is 2.22. The molecule has 1 aliphatic rings. The van der Waals surface area contributed by atoms with E-state index in [0.29, 0.717) is 16.0 Å². The number of hydrogen-bond acceptors (Lipinski definition) is 1. The second kappa shape index (κ2) is 5.69. The van der Waals surface area contributed by atoms with Crippen molar-refractivity contribution in [3.05, 3.63) is 40.4 Å². The summed E-state index contributed by atoms with van der Waals surface area (Å²) in [5, 5.41) is 2.14. The van der Waals surface area contributed by atoms with Crippen molar-refractivity contribution in [3.8, 4) is 0 Å². The molecule has 0 amide bonds. The summed E-state index contributed by atoms with van der Waals surface area (Å²) in [6.45, 7) is 6.41. The lowest BCUT2D eigenvalue weighted by Gasteiger charge is -2.08. The van der Waals surface area contributed by atoms with Crippen LogP contribution in [0.5, 0.6) is 0 Å². The molecule has 17 heavy (non-hydrogen) atoms. The Balaban J connectivity index is 2.02. The molecule has 0 spiro atoms. The van der Waals surface area contributed by atoms with Crippen LogP contribution in [0.4, 0.5) is 0 Å². The standard InChI is InChI=1S/C14H16Cl2S/c1-3-6-17-14-8-12(14)9(2)11-5-4-10(15)7-13(11)16/h4-5,7,12,14H,2-3,6,8H2,1H3. The molecule has 1 aromatic rings. The molecule has 1 saturated carbocycles. The van der Waals surface area contributed by atoms with Gasteiger partial charge in [-0.05, 0) is 47.8 Å². The van der Waals surface area contributed by atoms with E-state index < -0.39 is 0 Å². The highest BCUT2D eigenvalue weighted by Crippen LogP contribution is 2.50. The van der Waals surface area contributed by atoms with Crippen LogP contribution >= 0.6 is 35.0 Å². The molecule has 0 radical (unpaired) electrons. The topological polar surface area (TPSA) is 0 Å². The molecule has 92 valence electrons. The van der Waals surface area contributed by atoms with Crippen LogP contribution in [-0.2, 0) is 0 Å². The van der Waals surface area contributed by atoms with Gasteiger partial charge in [-0.25, -0.2) is 0 Å². The molecule has 2 unspecified atom stereocenters. The summed E-state index contributed by atoms with van der Waals surface area (Å²) in [6, 6.07) is 5.65. The van der Waals surface area contributed by atoms with Gasteiger partial charge in [0.1, 0.15) is 0 Å². The quantitative estimate of drug-likeness (QED) is 0.685. The van der Waals surface area contributed by atoms with Crippen LogP contribution < -0.4 is 0 Å². The third-order valence-corrected chi connectivity index (χ3v) is 5.13. The average molecular weight is 287 g/mol. The highest BCUT2D eigenvalue weighted by molar-refractivity contribution is 8.00. The molecule has 1 fully saturated rings. The van der Waals surface area contributed by atoms with Crippen molar-refractivity contribution in [1.29, 1.82) is 0 Å². The normalized spacial score (nSPS) is 22.5. The fraction of sp³-hybridized carbons (Fsp3) is 0.429. The van der Waals surface area contributed by atoms with Crippen molar-refractivity contribution in [1.82, 2.24) is 0 Å². The van der Waals surface area contributed by atoms with E-state index in [1.54, 1.807) is 6.07 Å². The summed E-state index contributed by atoms with van der Waals surface area (Å²) < 4.78 is 0. The van der Waals surface area contributed by atoms with Gasteiger partial charge in [-0.15, -0.1) is 0 Å². The molecular weight excluding hydrogens is 271 g/mol. The zero-order valence-corrected chi connectivity index (χ0v) is 12.2. The Labute approximate surface area is 117 Å². The molecule has 0 bridgehead atoms. The van der Waals surface area contributed by atoms with Crippen molar-refractivity contribution in [2.24, 2.45) is 5.92 Å². The molecular formula is C14H16Cl2S. The monoisotopic (exact) mass is 286 g/mol. The van der Waals surface area contributed by atoms with E-state index in [4.69, 9.17) is 23.2 Å². The highest BCUT2D eigenvalue weighted by atomic mass is 35.5. The first-order valence-corrected chi connectivity index (χ1v) is 7.69. The molecule has 0 aliphatic heterocycles. The fourth-order valence-corrected chi connectivity index (χ4v) is 3.75. The molecule has 0 N–H and O–H groups in total. The van der Waals surface area contributed by atoms with Gasteiger partial charge < -0.3 is 0 Å². The molecule has 1 aromatic carbocycles. The molecule has 2 rings (SSSR count). The SMILES string of the molecule is C=C(c1ccc(Cl)cc1Cl)C1CC1SCCC. The highest BCUT2D eigenvalue weighted by Gasteiger charge is 2.39. The lowest BCUT2D eigenvalue weighted by Crippen LogP contribution is -1.91. The van der Waals surface area contributed by atoms with Gasteiger partial charge in [0.15, 0.2) is 0 Å². The Bertz CT molecular complexity index is 428. The second-order valence-electron chi connectivity index (χ2n) is 4.40. The van der Waals surface area contributed by atoms with E-state index in [2.05, 4.69) is 25.3 Å².